The van der Waals surface area contributed by atoms with Crippen molar-refractivity contribution in [1.29, 1.82) is 0 Å². The van der Waals surface area contributed by atoms with Crippen LogP contribution in [0.2, 0.25) is 0 Å². The molecule has 154 valence electrons. The third kappa shape index (κ3) is 6.10. The number of nitrogens with one attached hydrogen (secondary N) is 1. The molecular formula is C24H30FN3O. The molecule has 4 rings (SSSR count). The molecule has 1 aromatic heterocycles. The van der Waals surface area contributed by atoms with E-state index in [-0.39, 0.29) is 11.7 Å². The summed E-state index contributed by atoms with van der Waals surface area (Å²) in [5.74, 6) is 0.651. The van der Waals surface area contributed by atoms with Gasteiger partial charge >= 0.3 is 0 Å². The Morgan fingerprint density at radius 1 is 1.07 bits per heavy atom. The van der Waals surface area contributed by atoms with Gasteiger partial charge in [-0.05, 0) is 74.7 Å². The molecule has 2 aromatic rings. The van der Waals surface area contributed by atoms with E-state index in [0.717, 1.165) is 57.2 Å². The fraction of sp³-hybridized carbons (Fsp3) is 0.500. The predicted molar refractivity (Wildman–Crippen MR) is 112 cm³/mol. The molecule has 1 aliphatic heterocycles. The van der Waals surface area contributed by atoms with E-state index in [1.165, 1.54) is 17.3 Å². The van der Waals surface area contributed by atoms with Crippen LogP contribution < -0.4 is 5.32 Å². The number of carbonyl (C=O) groups is 1. The minimum absolute atomic E-state index is 0.176. The van der Waals surface area contributed by atoms with Crippen LogP contribution in [-0.2, 0) is 24.2 Å². The summed E-state index contributed by atoms with van der Waals surface area (Å²) < 4.78 is 13.8. The average Bonchev–Trinajstić information content (AvgIpc) is 3.55. The summed E-state index contributed by atoms with van der Waals surface area (Å²) in [6.45, 7) is 2.70. The van der Waals surface area contributed by atoms with Gasteiger partial charge in [0.1, 0.15) is 5.82 Å². The first-order valence-corrected chi connectivity index (χ1v) is 10.8. The number of hydrogen-bond acceptors (Lipinski definition) is 3. The molecule has 29 heavy (non-hydrogen) atoms. The van der Waals surface area contributed by atoms with Crippen molar-refractivity contribution in [2.24, 2.45) is 5.92 Å². The van der Waals surface area contributed by atoms with Crippen LogP contribution in [0.4, 0.5) is 4.39 Å². The van der Waals surface area contributed by atoms with Crippen molar-refractivity contribution in [3.8, 4) is 0 Å². The second-order valence-corrected chi connectivity index (χ2v) is 8.55. The number of aromatic nitrogens is 1. The first kappa shape index (κ1) is 20.0. The third-order valence-corrected chi connectivity index (χ3v) is 6.09. The number of aryl methyl sites for hydroxylation is 1. The number of rotatable bonds is 8. The molecule has 0 atom stereocenters. The quantitative estimate of drug-likeness (QED) is 0.738. The van der Waals surface area contributed by atoms with Gasteiger partial charge in [-0.15, -0.1) is 0 Å². The topological polar surface area (TPSA) is 45.2 Å². The van der Waals surface area contributed by atoms with Crippen molar-refractivity contribution in [3.63, 3.8) is 0 Å². The zero-order valence-corrected chi connectivity index (χ0v) is 16.9. The predicted octanol–water partition coefficient (Wildman–Crippen LogP) is 3.89. The highest BCUT2D eigenvalue weighted by atomic mass is 19.1. The number of amides is 1. The molecule has 2 fully saturated rings. The zero-order chi connectivity index (χ0) is 20.1. The lowest BCUT2D eigenvalue weighted by molar-refractivity contribution is -0.121. The van der Waals surface area contributed by atoms with Crippen molar-refractivity contribution in [1.82, 2.24) is 15.2 Å². The van der Waals surface area contributed by atoms with Crippen LogP contribution in [0.25, 0.3) is 0 Å². The first-order chi connectivity index (χ1) is 14.2. The van der Waals surface area contributed by atoms with Crippen molar-refractivity contribution >= 4 is 5.91 Å². The van der Waals surface area contributed by atoms with E-state index in [2.05, 4.69) is 39.5 Å². The largest absolute Gasteiger partial charge is 0.353 e. The Bertz CT molecular complexity index is 811. The standard InChI is InChI=1S/C24H30FN3O/c25-23-16-26-12-9-21(23)17-28-13-10-20(11-14-28)15-19-3-1-18(2-4-19)5-8-24(29)27-22-6-7-22/h1-4,9,12,16,20,22H,5-8,10-11,13-15,17H2,(H,27,29). The van der Waals surface area contributed by atoms with Crippen LogP contribution in [0, 0.1) is 11.7 Å². The van der Waals surface area contributed by atoms with Gasteiger partial charge in [-0.3, -0.25) is 14.7 Å². The van der Waals surface area contributed by atoms with Gasteiger partial charge in [0, 0.05) is 30.8 Å². The van der Waals surface area contributed by atoms with Crippen LogP contribution in [0.3, 0.4) is 0 Å². The maximum Gasteiger partial charge on any atom is 0.220 e. The van der Waals surface area contributed by atoms with Gasteiger partial charge in [0.15, 0.2) is 0 Å². The van der Waals surface area contributed by atoms with E-state index >= 15 is 0 Å². The van der Waals surface area contributed by atoms with Crippen LogP contribution in [0.1, 0.15) is 48.8 Å². The summed E-state index contributed by atoms with van der Waals surface area (Å²) in [6, 6.07) is 11.0. The summed E-state index contributed by atoms with van der Waals surface area (Å²) in [6.07, 6.45) is 10.0. The minimum Gasteiger partial charge on any atom is -0.353 e. The second-order valence-electron chi connectivity index (χ2n) is 8.55. The van der Waals surface area contributed by atoms with Crippen LogP contribution in [-0.4, -0.2) is 34.9 Å². The number of benzene rings is 1. The summed E-state index contributed by atoms with van der Waals surface area (Å²) >= 11 is 0. The number of nitrogens with zero attached hydrogens (tertiary/aromatic N) is 2. The van der Waals surface area contributed by atoms with Crippen molar-refractivity contribution in [3.05, 3.63) is 65.2 Å². The first-order valence-electron chi connectivity index (χ1n) is 10.8. The number of halogens is 1. The normalized spacial score (nSPS) is 18.0. The number of piperidine rings is 1. The molecule has 5 heteroatoms. The van der Waals surface area contributed by atoms with Gasteiger partial charge < -0.3 is 5.32 Å². The Balaban J connectivity index is 1.19. The lowest BCUT2D eigenvalue weighted by atomic mass is 9.89. The summed E-state index contributed by atoms with van der Waals surface area (Å²) in [7, 11) is 0. The van der Waals surface area contributed by atoms with E-state index in [4.69, 9.17) is 0 Å². The monoisotopic (exact) mass is 395 g/mol. The molecule has 0 spiro atoms. The zero-order valence-electron chi connectivity index (χ0n) is 16.9. The molecule has 1 aromatic carbocycles. The SMILES string of the molecule is O=C(CCc1ccc(CC2CCN(Cc3ccncc3F)CC2)cc1)NC1CC1. The second kappa shape index (κ2) is 9.49. The Morgan fingerprint density at radius 3 is 2.48 bits per heavy atom. The van der Waals surface area contributed by atoms with Gasteiger partial charge in [0.05, 0.1) is 6.20 Å². The van der Waals surface area contributed by atoms with Crippen molar-refractivity contribution in [2.45, 2.75) is 57.5 Å². The molecule has 0 unspecified atom stereocenters. The van der Waals surface area contributed by atoms with Crippen LogP contribution in [0.5, 0.6) is 0 Å². The fourth-order valence-corrected chi connectivity index (χ4v) is 4.08. The number of likely N-dealkylation sites (tertiary alicyclic amines) is 1. The Kier molecular flexibility index (Phi) is 6.55. The van der Waals surface area contributed by atoms with E-state index in [0.29, 0.717) is 24.9 Å². The molecule has 0 radical (unpaired) electrons. The number of carbonyl (C=O) groups excluding carboxylic acids is 1. The molecule has 1 aliphatic carbocycles. The molecule has 1 amide bonds. The Labute approximate surface area is 172 Å². The highest BCUT2D eigenvalue weighted by molar-refractivity contribution is 5.76. The van der Waals surface area contributed by atoms with Crippen molar-refractivity contribution in [2.75, 3.05) is 13.1 Å². The minimum atomic E-state index is -0.209. The van der Waals surface area contributed by atoms with E-state index in [9.17, 15) is 9.18 Å². The van der Waals surface area contributed by atoms with E-state index in [1.54, 1.807) is 12.3 Å². The lowest BCUT2D eigenvalue weighted by Gasteiger charge is -2.32. The van der Waals surface area contributed by atoms with Crippen LogP contribution in [0.15, 0.2) is 42.7 Å². The molecule has 4 nitrogen and oxygen atoms in total. The summed E-state index contributed by atoms with van der Waals surface area (Å²) in [4.78, 5) is 18.0. The summed E-state index contributed by atoms with van der Waals surface area (Å²) in [5, 5.41) is 3.04. The molecule has 2 heterocycles. The molecule has 0 bridgehead atoms. The van der Waals surface area contributed by atoms with Crippen molar-refractivity contribution < 1.29 is 9.18 Å². The number of hydrogen-bond donors (Lipinski definition) is 1. The Morgan fingerprint density at radius 2 is 1.79 bits per heavy atom. The average molecular weight is 396 g/mol. The van der Waals surface area contributed by atoms with Crippen LogP contribution >= 0.6 is 0 Å². The molecule has 1 saturated heterocycles. The number of pyridine rings is 1. The molecule has 1 N–H and O–H groups in total. The lowest BCUT2D eigenvalue weighted by Crippen LogP contribution is -2.34. The fourth-order valence-electron chi connectivity index (χ4n) is 4.08. The van der Waals surface area contributed by atoms with E-state index < -0.39 is 0 Å². The van der Waals surface area contributed by atoms with E-state index in [1.807, 2.05) is 0 Å². The highest BCUT2D eigenvalue weighted by Crippen LogP contribution is 2.24. The van der Waals surface area contributed by atoms with Gasteiger partial charge in [0.2, 0.25) is 5.91 Å². The molecule has 2 aliphatic rings. The molecular weight excluding hydrogens is 365 g/mol. The van der Waals surface area contributed by atoms with Gasteiger partial charge in [0.25, 0.3) is 0 Å². The Hall–Kier alpha value is -2.27. The highest BCUT2D eigenvalue weighted by Gasteiger charge is 2.23. The van der Waals surface area contributed by atoms with Gasteiger partial charge in [-0.25, -0.2) is 4.39 Å². The third-order valence-electron chi connectivity index (χ3n) is 6.09. The maximum absolute atomic E-state index is 13.8. The maximum atomic E-state index is 13.8. The molecule has 1 saturated carbocycles. The van der Waals surface area contributed by atoms with Gasteiger partial charge in [-0.2, -0.15) is 0 Å². The summed E-state index contributed by atoms with van der Waals surface area (Å²) in [5.41, 5.74) is 3.34. The van der Waals surface area contributed by atoms with Gasteiger partial charge in [-0.1, -0.05) is 24.3 Å². The smallest absolute Gasteiger partial charge is 0.220 e.